The van der Waals surface area contributed by atoms with Gasteiger partial charge in [-0.2, -0.15) is 5.26 Å². The number of esters is 1. The van der Waals surface area contributed by atoms with Crippen LogP contribution in [0.5, 0.6) is 11.5 Å². The number of nitrogens with zero attached hydrogens (tertiary/aromatic N) is 1. The maximum atomic E-state index is 12.4. The molecule has 1 aromatic carbocycles. The number of anilines is 1. The Bertz CT molecular complexity index is 802. The minimum atomic E-state index is -1.07. The lowest BCUT2D eigenvalue weighted by atomic mass is 10.1. The number of carbonyl (C=O) groups is 2. The molecule has 0 spiro atoms. The average molecular weight is 360 g/mol. The molecule has 0 aliphatic carbocycles. The Morgan fingerprint density at radius 3 is 2.40 bits per heavy atom. The summed E-state index contributed by atoms with van der Waals surface area (Å²) in [5.74, 6) is -0.728. The highest BCUT2D eigenvalue weighted by molar-refractivity contribution is 7.14. The second kappa shape index (κ2) is 8.17. The van der Waals surface area contributed by atoms with Gasteiger partial charge in [0.1, 0.15) is 28.1 Å². The molecule has 0 saturated heterocycles. The number of hydrogen-bond donors (Lipinski definition) is 1. The first-order chi connectivity index (χ1) is 12.0. The molecule has 2 aromatic rings. The minimum Gasteiger partial charge on any atom is -0.496 e. The molecular weight excluding hydrogens is 344 g/mol. The minimum absolute atomic E-state index is 0.0981. The van der Waals surface area contributed by atoms with Crippen LogP contribution in [0.15, 0.2) is 29.6 Å². The van der Waals surface area contributed by atoms with Crippen molar-refractivity contribution in [3.63, 3.8) is 0 Å². The molecule has 0 radical (unpaired) electrons. The van der Waals surface area contributed by atoms with E-state index in [1.807, 2.05) is 6.07 Å². The summed E-state index contributed by atoms with van der Waals surface area (Å²) in [7, 11) is 2.84. The lowest BCUT2D eigenvalue weighted by Gasteiger charge is -2.16. The number of nitriles is 1. The van der Waals surface area contributed by atoms with E-state index in [9.17, 15) is 9.59 Å². The molecule has 1 amide bonds. The van der Waals surface area contributed by atoms with E-state index >= 15 is 0 Å². The lowest BCUT2D eigenvalue weighted by molar-refractivity contribution is -0.123. The van der Waals surface area contributed by atoms with Crippen LogP contribution in [-0.2, 0) is 9.53 Å². The van der Waals surface area contributed by atoms with E-state index in [2.05, 4.69) is 5.32 Å². The predicted molar refractivity (Wildman–Crippen MR) is 92.1 cm³/mol. The molecule has 1 atom stereocenters. The topological polar surface area (TPSA) is 97.7 Å². The molecular formula is C17H16N2O5S. The number of methoxy groups -OCH3 is 2. The summed E-state index contributed by atoms with van der Waals surface area (Å²) >= 11 is 1.21. The first-order valence-corrected chi connectivity index (χ1v) is 8.10. The molecule has 8 heteroatoms. The fraction of sp³-hybridized carbons (Fsp3) is 0.235. The number of ether oxygens (including phenoxy) is 3. The monoisotopic (exact) mass is 360 g/mol. The van der Waals surface area contributed by atoms with Gasteiger partial charge >= 0.3 is 5.97 Å². The highest BCUT2D eigenvalue weighted by atomic mass is 32.1. The van der Waals surface area contributed by atoms with Crippen LogP contribution in [0.25, 0.3) is 0 Å². The van der Waals surface area contributed by atoms with Crippen LogP contribution in [0, 0.1) is 11.3 Å². The van der Waals surface area contributed by atoms with Crippen LogP contribution >= 0.6 is 11.3 Å². The van der Waals surface area contributed by atoms with Gasteiger partial charge in [0, 0.05) is 0 Å². The van der Waals surface area contributed by atoms with Gasteiger partial charge in [0.05, 0.1) is 19.8 Å². The molecule has 0 saturated carbocycles. The van der Waals surface area contributed by atoms with E-state index < -0.39 is 18.0 Å². The van der Waals surface area contributed by atoms with Crippen LogP contribution in [0.1, 0.15) is 22.8 Å². The number of rotatable bonds is 6. The number of thiophene rings is 1. The van der Waals surface area contributed by atoms with Crippen LogP contribution in [0.3, 0.4) is 0 Å². The van der Waals surface area contributed by atoms with Gasteiger partial charge in [0.2, 0.25) is 0 Å². The number of hydrogen-bond acceptors (Lipinski definition) is 7. The standard InChI is InChI=1S/C17H16N2O5S/c1-10(15(20)19-16-11(9-18)7-8-25-16)24-17(21)14-12(22-2)5-4-6-13(14)23-3/h4-8,10H,1-3H3,(H,19,20). The zero-order valence-electron chi connectivity index (χ0n) is 13.9. The molecule has 0 fully saturated rings. The first kappa shape index (κ1) is 18.3. The van der Waals surface area contributed by atoms with Crippen molar-refractivity contribution in [1.82, 2.24) is 0 Å². The van der Waals surface area contributed by atoms with Crippen LogP contribution < -0.4 is 14.8 Å². The second-order valence-corrected chi connectivity index (χ2v) is 5.77. The van der Waals surface area contributed by atoms with Crippen molar-refractivity contribution in [3.05, 3.63) is 40.8 Å². The maximum absolute atomic E-state index is 12.4. The molecule has 7 nitrogen and oxygen atoms in total. The van der Waals surface area contributed by atoms with Gasteiger partial charge in [-0.1, -0.05) is 6.07 Å². The number of nitrogens with one attached hydrogen (secondary N) is 1. The third-order valence-corrected chi connectivity index (χ3v) is 4.14. The maximum Gasteiger partial charge on any atom is 0.346 e. The van der Waals surface area contributed by atoms with E-state index in [-0.39, 0.29) is 17.1 Å². The van der Waals surface area contributed by atoms with Crippen molar-refractivity contribution in [2.45, 2.75) is 13.0 Å². The summed E-state index contributed by atoms with van der Waals surface area (Å²) in [6.45, 7) is 1.44. The predicted octanol–water partition coefficient (Wildman–Crippen LogP) is 2.82. The van der Waals surface area contributed by atoms with E-state index in [0.717, 1.165) is 0 Å². The fourth-order valence-electron chi connectivity index (χ4n) is 2.03. The van der Waals surface area contributed by atoms with Gasteiger partial charge < -0.3 is 19.5 Å². The molecule has 1 unspecified atom stereocenters. The Hall–Kier alpha value is -3.05. The van der Waals surface area contributed by atoms with E-state index in [0.29, 0.717) is 10.6 Å². The highest BCUT2D eigenvalue weighted by Crippen LogP contribution is 2.29. The van der Waals surface area contributed by atoms with E-state index in [1.165, 1.54) is 32.5 Å². The third-order valence-electron chi connectivity index (χ3n) is 3.31. The quantitative estimate of drug-likeness (QED) is 0.796. The fourth-order valence-corrected chi connectivity index (χ4v) is 2.77. The summed E-state index contributed by atoms with van der Waals surface area (Å²) in [6.07, 6.45) is -1.07. The van der Waals surface area contributed by atoms with Crippen molar-refractivity contribution in [2.24, 2.45) is 0 Å². The highest BCUT2D eigenvalue weighted by Gasteiger charge is 2.25. The van der Waals surface area contributed by atoms with Crippen LogP contribution in [0.4, 0.5) is 5.00 Å². The van der Waals surface area contributed by atoms with Crippen molar-refractivity contribution in [3.8, 4) is 17.6 Å². The molecule has 0 aliphatic rings. The Balaban J connectivity index is 2.13. The molecule has 0 bridgehead atoms. The van der Waals surface area contributed by atoms with Gasteiger partial charge in [-0.15, -0.1) is 11.3 Å². The Kier molecular flexibility index (Phi) is 5.98. The van der Waals surface area contributed by atoms with Gasteiger partial charge in [-0.25, -0.2) is 4.79 Å². The summed E-state index contributed by atoms with van der Waals surface area (Å²) in [4.78, 5) is 24.6. The molecule has 2 rings (SSSR count). The van der Waals surface area contributed by atoms with Crippen LogP contribution in [-0.4, -0.2) is 32.2 Å². The molecule has 25 heavy (non-hydrogen) atoms. The largest absolute Gasteiger partial charge is 0.496 e. The summed E-state index contributed by atoms with van der Waals surface area (Å²) in [6, 6.07) is 8.42. The van der Waals surface area contributed by atoms with Crippen molar-refractivity contribution < 1.29 is 23.8 Å². The molecule has 130 valence electrons. The molecule has 1 aromatic heterocycles. The summed E-state index contributed by atoms with van der Waals surface area (Å²) in [5, 5.41) is 13.6. The summed E-state index contributed by atoms with van der Waals surface area (Å²) < 4.78 is 15.5. The SMILES string of the molecule is COc1cccc(OC)c1C(=O)OC(C)C(=O)Nc1sccc1C#N. The van der Waals surface area contributed by atoms with Crippen molar-refractivity contribution in [1.29, 1.82) is 5.26 Å². The third kappa shape index (κ3) is 4.08. The van der Waals surface area contributed by atoms with E-state index in [4.69, 9.17) is 19.5 Å². The zero-order valence-corrected chi connectivity index (χ0v) is 14.7. The first-order valence-electron chi connectivity index (χ1n) is 7.22. The van der Waals surface area contributed by atoms with Crippen molar-refractivity contribution in [2.75, 3.05) is 19.5 Å². The number of benzene rings is 1. The number of carbonyl (C=O) groups excluding carboxylic acids is 2. The van der Waals surface area contributed by atoms with Gasteiger partial charge in [-0.05, 0) is 30.5 Å². The Morgan fingerprint density at radius 1 is 1.20 bits per heavy atom. The van der Waals surface area contributed by atoms with Gasteiger partial charge in [0.15, 0.2) is 6.10 Å². The van der Waals surface area contributed by atoms with Crippen molar-refractivity contribution >= 4 is 28.2 Å². The molecule has 0 aliphatic heterocycles. The zero-order chi connectivity index (χ0) is 18.4. The number of amides is 1. The normalized spacial score (nSPS) is 11.1. The Labute approximate surface area is 148 Å². The lowest BCUT2D eigenvalue weighted by Crippen LogP contribution is -2.30. The second-order valence-electron chi connectivity index (χ2n) is 4.85. The van der Waals surface area contributed by atoms with E-state index in [1.54, 1.807) is 29.6 Å². The van der Waals surface area contributed by atoms with Crippen LogP contribution in [0.2, 0.25) is 0 Å². The summed E-state index contributed by atoms with van der Waals surface area (Å²) in [5.41, 5.74) is 0.448. The molecule has 1 heterocycles. The van der Waals surface area contributed by atoms with Gasteiger partial charge in [0.25, 0.3) is 5.91 Å². The Morgan fingerprint density at radius 2 is 1.84 bits per heavy atom. The molecule has 1 N–H and O–H groups in total. The van der Waals surface area contributed by atoms with Gasteiger partial charge in [-0.3, -0.25) is 4.79 Å². The smallest absolute Gasteiger partial charge is 0.346 e. The average Bonchev–Trinajstić information content (AvgIpc) is 3.07.